The fourth-order valence-electron chi connectivity index (χ4n) is 2.50. The van der Waals surface area contributed by atoms with Gasteiger partial charge in [-0.1, -0.05) is 0 Å². The number of fused-ring (bicyclic) bond motifs is 3. The molecule has 0 spiro atoms. The normalized spacial score (nSPS) is 11.1. The Morgan fingerprint density at radius 2 is 1.95 bits per heavy atom. The summed E-state index contributed by atoms with van der Waals surface area (Å²) in [6, 6.07) is 2.21. The van der Waals surface area contributed by atoms with Crippen LogP contribution in [0.4, 0.5) is 5.82 Å². The minimum absolute atomic E-state index is 0.364. The smallest absolute Gasteiger partial charge is 0.180 e. The summed E-state index contributed by atoms with van der Waals surface area (Å²) in [6.07, 6.45) is 1.67. The van der Waals surface area contributed by atoms with Crippen molar-refractivity contribution in [3.05, 3.63) is 23.3 Å². The number of hydrogen-bond donors (Lipinski definition) is 1. The largest absolute Gasteiger partial charge is 0.383 e. The first-order chi connectivity index (χ1) is 9.04. The molecule has 3 aromatic rings. The summed E-state index contributed by atoms with van der Waals surface area (Å²) in [5.74, 6) is 0.364. The van der Waals surface area contributed by atoms with Crippen molar-refractivity contribution in [2.75, 3.05) is 5.73 Å². The van der Waals surface area contributed by atoms with E-state index >= 15 is 0 Å². The molecule has 19 heavy (non-hydrogen) atoms. The van der Waals surface area contributed by atoms with E-state index in [1.54, 1.807) is 6.33 Å². The van der Waals surface area contributed by atoms with Crippen LogP contribution in [-0.2, 0) is 7.05 Å². The molecule has 2 N–H and O–H groups in total. The van der Waals surface area contributed by atoms with Gasteiger partial charge in [-0.3, -0.25) is 4.98 Å². The number of aromatic nitrogens is 4. The van der Waals surface area contributed by atoms with E-state index in [9.17, 15) is 5.26 Å². The highest BCUT2D eigenvalue weighted by molar-refractivity contribution is 6.11. The Morgan fingerprint density at radius 1 is 1.21 bits per heavy atom. The number of hydrogen-bond acceptors (Lipinski definition) is 5. The molecule has 3 rings (SSSR count). The van der Waals surface area contributed by atoms with Crippen LogP contribution in [0.15, 0.2) is 6.33 Å². The highest BCUT2D eigenvalue weighted by Gasteiger charge is 2.18. The van der Waals surface area contributed by atoms with Crippen molar-refractivity contribution in [1.82, 2.24) is 19.5 Å². The number of nitriles is 1. The number of nitrogens with two attached hydrogens (primary N) is 1. The topological polar surface area (TPSA) is 93.4 Å². The van der Waals surface area contributed by atoms with Crippen molar-refractivity contribution in [2.24, 2.45) is 7.05 Å². The molecule has 0 atom stereocenters. The second-order valence-corrected chi connectivity index (χ2v) is 4.54. The molecule has 3 aromatic heterocycles. The van der Waals surface area contributed by atoms with E-state index in [4.69, 9.17) is 5.73 Å². The number of pyridine rings is 2. The summed E-state index contributed by atoms with van der Waals surface area (Å²) >= 11 is 0. The van der Waals surface area contributed by atoms with E-state index < -0.39 is 0 Å². The summed E-state index contributed by atoms with van der Waals surface area (Å²) in [4.78, 5) is 12.9. The molecule has 0 bridgehead atoms. The molecule has 0 radical (unpaired) electrons. The molecule has 0 aromatic carbocycles. The highest BCUT2D eigenvalue weighted by Crippen LogP contribution is 2.32. The molecule has 0 aliphatic rings. The average Bonchev–Trinajstić information content (AvgIpc) is 2.70. The molecular weight excluding hydrogens is 240 g/mol. The van der Waals surface area contributed by atoms with Crippen LogP contribution >= 0.6 is 0 Å². The predicted molar refractivity (Wildman–Crippen MR) is 72.4 cm³/mol. The first kappa shape index (κ1) is 11.4. The van der Waals surface area contributed by atoms with Crippen LogP contribution in [0.3, 0.4) is 0 Å². The molecule has 3 heterocycles. The first-order valence-electron chi connectivity index (χ1n) is 5.82. The van der Waals surface area contributed by atoms with E-state index in [1.807, 2.05) is 25.5 Å². The van der Waals surface area contributed by atoms with Crippen molar-refractivity contribution in [1.29, 1.82) is 5.26 Å². The van der Waals surface area contributed by atoms with Gasteiger partial charge >= 0.3 is 0 Å². The molecule has 6 nitrogen and oxygen atoms in total. The minimum atomic E-state index is 0.364. The van der Waals surface area contributed by atoms with Crippen LogP contribution in [0.5, 0.6) is 0 Å². The minimum Gasteiger partial charge on any atom is -0.383 e. The lowest BCUT2D eigenvalue weighted by molar-refractivity contribution is 0.950. The van der Waals surface area contributed by atoms with Crippen molar-refractivity contribution >= 4 is 27.8 Å². The van der Waals surface area contributed by atoms with Crippen molar-refractivity contribution in [3.63, 3.8) is 0 Å². The van der Waals surface area contributed by atoms with Crippen LogP contribution in [-0.4, -0.2) is 19.5 Å². The SMILES string of the molecule is Cc1nc(C)c2c(N)nc3ncn(C)c3c2c1C#N. The molecule has 94 valence electrons. The third-order valence-corrected chi connectivity index (χ3v) is 3.31. The Morgan fingerprint density at radius 3 is 2.63 bits per heavy atom. The zero-order valence-electron chi connectivity index (χ0n) is 10.9. The molecular formula is C13H12N6. The number of rotatable bonds is 0. The van der Waals surface area contributed by atoms with Gasteiger partial charge in [0.05, 0.1) is 23.1 Å². The van der Waals surface area contributed by atoms with Gasteiger partial charge in [-0.25, -0.2) is 9.97 Å². The number of imidazole rings is 1. The molecule has 0 saturated carbocycles. The lowest BCUT2D eigenvalue weighted by atomic mass is 10.0. The van der Waals surface area contributed by atoms with Crippen molar-refractivity contribution in [2.45, 2.75) is 13.8 Å². The summed E-state index contributed by atoms with van der Waals surface area (Å²) in [5, 5.41) is 10.9. The lowest BCUT2D eigenvalue weighted by Crippen LogP contribution is -2.02. The Labute approximate surface area is 109 Å². The van der Waals surface area contributed by atoms with Gasteiger partial charge in [0.15, 0.2) is 5.65 Å². The summed E-state index contributed by atoms with van der Waals surface area (Å²) in [5.41, 5.74) is 9.36. The van der Waals surface area contributed by atoms with E-state index in [0.29, 0.717) is 22.7 Å². The maximum absolute atomic E-state index is 9.41. The third-order valence-electron chi connectivity index (χ3n) is 3.31. The van der Waals surface area contributed by atoms with Gasteiger partial charge in [0.1, 0.15) is 11.9 Å². The monoisotopic (exact) mass is 252 g/mol. The molecule has 0 amide bonds. The lowest BCUT2D eigenvalue weighted by Gasteiger charge is -2.10. The van der Waals surface area contributed by atoms with E-state index in [2.05, 4.69) is 21.0 Å². The predicted octanol–water partition coefficient (Wildman–Crippen LogP) is 1.59. The molecule has 0 fully saturated rings. The summed E-state index contributed by atoms with van der Waals surface area (Å²) < 4.78 is 1.85. The Hall–Kier alpha value is -2.68. The Bertz CT molecular complexity index is 869. The highest BCUT2D eigenvalue weighted by atomic mass is 15.1. The van der Waals surface area contributed by atoms with Crippen LogP contribution in [0.1, 0.15) is 17.0 Å². The van der Waals surface area contributed by atoms with Gasteiger partial charge in [-0.05, 0) is 13.8 Å². The van der Waals surface area contributed by atoms with E-state index in [0.717, 1.165) is 22.0 Å². The molecule has 0 unspecified atom stereocenters. The van der Waals surface area contributed by atoms with Gasteiger partial charge in [0.2, 0.25) is 0 Å². The molecule has 0 aliphatic carbocycles. The molecule has 6 heteroatoms. The number of aryl methyl sites for hydroxylation is 3. The number of nitrogen functional groups attached to an aromatic ring is 1. The van der Waals surface area contributed by atoms with Gasteiger partial charge in [0.25, 0.3) is 0 Å². The zero-order valence-corrected chi connectivity index (χ0v) is 10.9. The fourth-order valence-corrected chi connectivity index (χ4v) is 2.50. The van der Waals surface area contributed by atoms with Gasteiger partial charge in [-0.2, -0.15) is 5.26 Å². The number of nitrogens with zero attached hydrogens (tertiary/aromatic N) is 5. The van der Waals surface area contributed by atoms with Gasteiger partial charge < -0.3 is 10.3 Å². The van der Waals surface area contributed by atoms with Gasteiger partial charge in [0, 0.05) is 23.5 Å². The summed E-state index contributed by atoms with van der Waals surface area (Å²) in [6.45, 7) is 3.69. The second kappa shape index (κ2) is 3.65. The third kappa shape index (κ3) is 1.38. The van der Waals surface area contributed by atoms with E-state index in [-0.39, 0.29) is 0 Å². The zero-order chi connectivity index (χ0) is 13.7. The first-order valence-corrected chi connectivity index (χ1v) is 5.82. The second-order valence-electron chi connectivity index (χ2n) is 4.54. The van der Waals surface area contributed by atoms with Crippen LogP contribution in [0, 0.1) is 25.2 Å². The Kier molecular flexibility index (Phi) is 2.20. The summed E-state index contributed by atoms with van der Waals surface area (Å²) in [7, 11) is 1.87. The average molecular weight is 252 g/mol. The standard InChI is InChI=1S/C13H12N6/c1-6-8(4-14)10-9(7(2)17-6)12(15)18-13-11(10)19(3)5-16-13/h5H,1-3H3,(H2,15,18). The quantitative estimate of drug-likeness (QED) is 0.655. The molecule has 0 saturated heterocycles. The Balaban J connectivity index is 2.76. The molecule has 0 aliphatic heterocycles. The van der Waals surface area contributed by atoms with Crippen molar-refractivity contribution < 1.29 is 0 Å². The van der Waals surface area contributed by atoms with Crippen molar-refractivity contribution in [3.8, 4) is 6.07 Å². The fraction of sp³-hybridized carbons (Fsp3) is 0.231. The van der Waals surface area contributed by atoms with Crippen LogP contribution < -0.4 is 5.73 Å². The van der Waals surface area contributed by atoms with Gasteiger partial charge in [-0.15, -0.1) is 0 Å². The van der Waals surface area contributed by atoms with E-state index in [1.165, 1.54) is 0 Å². The van der Waals surface area contributed by atoms with Crippen LogP contribution in [0.2, 0.25) is 0 Å². The maximum Gasteiger partial charge on any atom is 0.180 e. The van der Waals surface area contributed by atoms with Crippen LogP contribution in [0.25, 0.3) is 21.9 Å². The number of anilines is 1. The maximum atomic E-state index is 9.41.